The average molecular weight is 401 g/mol. The van der Waals surface area contributed by atoms with Crippen molar-refractivity contribution < 1.29 is 4.79 Å². The summed E-state index contributed by atoms with van der Waals surface area (Å²) < 4.78 is 1.87. The minimum atomic E-state index is 0.100. The molecule has 1 aliphatic rings. The third-order valence-corrected chi connectivity index (χ3v) is 6.08. The fraction of sp³-hybridized carbons (Fsp3) is 0.182. The minimum absolute atomic E-state index is 0.100. The van der Waals surface area contributed by atoms with Gasteiger partial charge in [0.15, 0.2) is 5.65 Å². The van der Waals surface area contributed by atoms with Crippen molar-refractivity contribution >= 4 is 34.4 Å². The van der Waals surface area contributed by atoms with Gasteiger partial charge in [0.05, 0.1) is 23.9 Å². The molecule has 0 N–H and O–H groups in total. The first kappa shape index (κ1) is 17.9. The summed E-state index contributed by atoms with van der Waals surface area (Å²) in [5.74, 6) is 0.438. The van der Waals surface area contributed by atoms with E-state index in [9.17, 15) is 4.79 Å². The summed E-state index contributed by atoms with van der Waals surface area (Å²) in [7, 11) is 0. The number of thioether (sulfide) groups is 1. The highest BCUT2D eigenvalue weighted by Crippen LogP contribution is 2.30. The van der Waals surface area contributed by atoms with E-state index in [1.54, 1.807) is 12.5 Å². The van der Waals surface area contributed by atoms with E-state index in [1.807, 2.05) is 46.0 Å². The van der Waals surface area contributed by atoms with E-state index in [2.05, 4.69) is 33.3 Å². The fourth-order valence-corrected chi connectivity index (χ4v) is 4.50. The summed E-state index contributed by atoms with van der Waals surface area (Å²) in [4.78, 5) is 23.5. The largest absolute Gasteiger partial charge is 0.311 e. The van der Waals surface area contributed by atoms with Crippen LogP contribution in [0.1, 0.15) is 11.1 Å². The van der Waals surface area contributed by atoms with E-state index in [-0.39, 0.29) is 5.91 Å². The third-order valence-electron chi connectivity index (χ3n) is 5.09. The van der Waals surface area contributed by atoms with Crippen LogP contribution in [0.5, 0.6) is 0 Å². The van der Waals surface area contributed by atoms with Crippen LogP contribution in [0.4, 0.5) is 5.69 Å². The summed E-state index contributed by atoms with van der Waals surface area (Å²) >= 11 is 1.44. The van der Waals surface area contributed by atoms with Gasteiger partial charge in [-0.3, -0.25) is 4.79 Å². The maximum Gasteiger partial charge on any atom is 0.237 e. The number of nitrogens with zero attached hydrogens (tertiary/aromatic N) is 5. The zero-order valence-electron chi connectivity index (χ0n) is 15.7. The van der Waals surface area contributed by atoms with Crippen molar-refractivity contribution in [3.8, 4) is 0 Å². The van der Waals surface area contributed by atoms with Crippen molar-refractivity contribution in [2.45, 2.75) is 18.0 Å². The Kier molecular flexibility index (Phi) is 4.73. The Labute approximate surface area is 172 Å². The normalized spacial score (nSPS) is 13.0. The molecule has 0 saturated carbocycles. The van der Waals surface area contributed by atoms with Gasteiger partial charge in [0.2, 0.25) is 5.91 Å². The molecule has 0 atom stereocenters. The van der Waals surface area contributed by atoms with Gasteiger partial charge in [0.25, 0.3) is 0 Å². The number of rotatable bonds is 5. The van der Waals surface area contributed by atoms with Gasteiger partial charge in [-0.1, -0.05) is 60.3 Å². The summed E-state index contributed by atoms with van der Waals surface area (Å²) in [5.41, 5.74) is 4.21. The molecule has 1 amide bonds. The van der Waals surface area contributed by atoms with Crippen LogP contribution in [0, 0.1) is 0 Å². The lowest BCUT2D eigenvalue weighted by Gasteiger charge is -2.16. The topological polar surface area (TPSA) is 63.9 Å². The summed E-state index contributed by atoms with van der Waals surface area (Å²) in [6, 6.07) is 18.3. The summed E-state index contributed by atoms with van der Waals surface area (Å²) in [6.07, 6.45) is 4.25. The van der Waals surface area contributed by atoms with Crippen molar-refractivity contribution in [1.82, 2.24) is 19.7 Å². The number of benzene rings is 2. The van der Waals surface area contributed by atoms with E-state index in [0.29, 0.717) is 12.3 Å². The smallest absolute Gasteiger partial charge is 0.237 e. The molecule has 0 saturated heterocycles. The first-order valence-corrected chi connectivity index (χ1v) is 10.5. The predicted octanol–water partition coefficient (Wildman–Crippen LogP) is 3.56. The highest BCUT2D eigenvalue weighted by molar-refractivity contribution is 8.00. The fourth-order valence-electron chi connectivity index (χ4n) is 3.66. The SMILES string of the molecule is O=C(CSc1ncnc2c1cnn2Cc1ccccc1)N1CCc2ccccc21. The number of para-hydroxylation sites is 1. The molecule has 7 heteroatoms. The van der Waals surface area contributed by atoms with Crippen LogP contribution in [0.15, 0.2) is 72.1 Å². The van der Waals surface area contributed by atoms with Gasteiger partial charge < -0.3 is 4.90 Å². The van der Waals surface area contributed by atoms with Crippen LogP contribution in [0.3, 0.4) is 0 Å². The quantitative estimate of drug-likeness (QED) is 0.378. The van der Waals surface area contributed by atoms with Gasteiger partial charge in [-0.05, 0) is 23.6 Å². The van der Waals surface area contributed by atoms with Crippen molar-refractivity contribution in [2.75, 3.05) is 17.2 Å². The molecule has 0 bridgehead atoms. The number of anilines is 1. The molecular formula is C22H19N5OS. The Bertz CT molecular complexity index is 1170. The molecule has 5 rings (SSSR count). The number of hydrogen-bond donors (Lipinski definition) is 0. The van der Waals surface area contributed by atoms with Crippen LogP contribution in [0.25, 0.3) is 11.0 Å². The number of hydrogen-bond acceptors (Lipinski definition) is 5. The van der Waals surface area contributed by atoms with E-state index in [1.165, 1.54) is 17.3 Å². The van der Waals surface area contributed by atoms with Crippen LogP contribution in [-0.4, -0.2) is 38.0 Å². The Hall–Kier alpha value is -3.19. The molecule has 0 unspecified atom stereocenters. The lowest BCUT2D eigenvalue weighted by Crippen LogP contribution is -2.30. The second kappa shape index (κ2) is 7.67. The van der Waals surface area contributed by atoms with Crippen LogP contribution in [-0.2, 0) is 17.8 Å². The molecule has 144 valence electrons. The zero-order chi connectivity index (χ0) is 19.6. The highest BCUT2D eigenvalue weighted by Gasteiger charge is 2.24. The molecule has 29 heavy (non-hydrogen) atoms. The predicted molar refractivity (Wildman–Crippen MR) is 114 cm³/mol. The van der Waals surface area contributed by atoms with Gasteiger partial charge in [-0.15, -0.1) is 0 Å². The molecule has 0 radical (unpaired) electrons. The standard InChI is InChI=1S/C22H19N5OS/c28-20(26-11-10-17-8-4-5-9-19(17)26)14-29-22-18-12-25-27(21(18)23-15-24-22)13-16-6-2-1-3-7-16/h1-9,12,15H,10-11,13-14H2. The van der Waals surface area contributed by atoms with Gasteiger partial charge in [-0.2, -0.15) is 5.10 Å². The lowest BCUT2D eigenvalue weighted by molar-refractivity contribution is -0.116. The Morgan fingerprint density at radius 2 is 1.86 bits per heavy atom. The molecule has 2 aromatic carbocycles. The molecule has 0 fully saturated rings. The second-order valence-electron chi connectivity index (χ2n) is 6.92. The molecule has 6 nitrogen and oxygen atoms in total. The number of carbonyl (C=O) groups excluding carboxylic acids is 1. The second-order valence-corrected chi connectivity index (χ2v) is 7.88. The maximum atomic E-state index is 12.8. The third kappa shape index (κ3) is 3.49. The highest BCUT2D eigenvalue weighted by atomic mass is 32.2. The molecular weight excluding hydrogens is 382 g/mol. The average Bonchev–Trinajstić information content (AvgIpc) is 3.38. The van der Waals surface area contributed by atoms with Crippen molar-refractivity contribution in [3.05, 3.63) is 78.2 Å². The van der Waals surface area contributed by atoms with Crippen molar-refractivity contribution in [1.29, 1.82) is 0 Å². The molecule has 0 spiro atoms. The van der Waals surface area contributed by atoms with Gasteiger partial charge in [0, 0.05) is 12.2 Å². The van der Waals surface area contributed by atoms with Crippen molar-refractivity contribution in [2.24, 2.45) is 0 Å². The van der Waals surface area contributed by atoms with E-state index in [0.717, 1.165) is 40.3 Å². The monoisotopic (exact) mass is 401 g/mol. The van der Waals surface area contributed by atoms with Gasteiger partial charge in [-0.25, -0.2) is 14.6 Å². The minimum Gasteiger partial charge on any atom is -0.311 e. The van der Waals surface area contributed by atoms with Gasteiger partial charge in [0.1, 0.15) is 11.4 Å². The van der Waals surface area contributed by atoms with Crippen LogP contribution in [0.2, 0.25) is 0 Å². The molecule has 3 heterocycles. The maximum absolute atomic E-state index is 12.8. The lowest BCUT2D eigenvalue weighted by atomic mass is 10.2. The Balaban J connectivity index is 1.33. The molecule has 2 aromatic heterocycles. The van der Waals surface area contributed by atoms with E-state index >= 15 is 0 Å². The Morgan fingerprint density at radius 3 is 2.76 bits per heavy atom. The zero-order valence-corrected chi connectivity index (χ0v) is 16.5. The summed E-state index contributed by atoms with van der Waals surface area (Å²) in [6.45, 7) is 1.39. The molecule has 1 aliphatic heterocycles. The Morgan fingerprint density at radius 1 is 1.03 bits per heavy atom. The number of amides is 1. The number of fused-ring (bicyclic) bond motifs is 2. The summed E-state index contributed by atoms with van der Waals surface area (Å²) in [5, 5.41) is 6.16. The number of aromatic nitrogens is 4. The van der Waals surface area contributed by atoms with Gasteiger partial charge >= 0.3 is 0 Å². The van der Waals surface area contributed by atoms with E-state index < -0.39 is 0 Å². The molecule has 0 aliphatic carbocycles. The van der Waals surface area contributed by atoms with Crippen molar-refractivity contribution in [3.63, 3.8) is 0 Å². The van der Waals surface area contributed by atoms with Crippen LogP contribution >= 0.6 is 11.8 Å². The van der Waals surface area contributed by atoms with Crippen LogP contribution < -0.4 is 4.90 Å². The van der Waals surface area contributed by atoms with E-state index in [4.69, 9.17) is 0 Å². The number of carbonyl (C=O) groups is 1. The first-order valence-electron chi connectivity index (χ1n) is 9.51. The molecule has 4 aromatic rings. The first-order chi connectivity index (χ1) is 14.3.